The number of hydrogen-bond acceptors (Lipinski definition) is 4. The van der Waals surface area contributed by atoms with Crippen LogP contribution in [0.5, 0.6) is 5.75 Å². The lowest BCUT2D eigenvalue weighted by molar-refractivity contribution is 0.0989. The number of para-hydroxylation sites is 1. The highest BCUT2D eigenvalue weighted by Crippen LogP contribution is 2.20. The van der Waals surface area contributed by atoms with Gasteiger partial charge >= 0.3 is 0 Å². The van der Waals surface area contributed by atoms with Gasteiger partial charge in [0.15, 0.2) is 0 Å². The molecule has 0 aliphatic heterocycles. The first kappa shape index (κ1) is 16.9. The van der Waals surface area contributed by atoms with Gasteiger partial charge in [-0.05, 0) is 30.3 Å². The largest absolute Gasteiger partial charge is 0.487 e. The van der Waals surface area contributed by atoms with Crippen molar-refractivity contribution in [1.82, 2.24) is 4.98 Å². The smallest absolute Gasteiger partial charge is 0.258 e. The zero-order valence-corrected chi connectivity index (χ0v) is 14.5. The number of anilines is 1. The van der Waals surface area contributed by atoms with E-state index in [1.807, 2.05) is 47.8 Å². The van der Waals surface area contributed by atoms with Crippen LogP contribution in [0.2, 0.25) is 0 Å². The number of hydrogen-bond donors (Lipinski definition) is 0. The Balaban J connectivity index is 1.78. The molecule has 0 bridgehead atoms. The number of rotatable bonds is 7. The van der Waals surface area contributed by atoms with Crippen molar-refractivity contribution in [1.29, 1.82) is 0 Å². The molecule has 0 unspecified atom stereocenters. The fourth-order valence-corrected chi connectivity index (χ4v) is 2.93. The Labute approximate surface area is 151 Å². The number of amides is 1. The van der Waals surface area contributed by atoms with Gasteiger partial charge in [-0.25, -0.2) is 4.98 Å². The Hall–Kier alpha value is -2.92. The fourth-order valence-electron chi connectivity index (χ4n) is 2.38. The van der Waals surface area contributed by atoms with Crippen LogP contribution >= 0.6 is 11.3 Å². The van der Waals surface area contributed by atoms with E-state index in [9.17, 15) is 4.79 Å². The number of carbonyl (C=O) groups is 1. The molecule has 25 heavy (non-hydrogen) atoms. The van der Waals surface area contributed by atoms with Gasteiger partial charge in [0.1, 0.15) is 12.4 Å². The van der Waals surface area contributed by atoms with Gasteiger partial charge in [0.2, 0.25) is 0 Å². The van der Waals surface area contributed by atoms with Gasteiger partial charge in [0, 0.05) is 23.2 Å². The highest BCUT2D eigenvalue weighted by molar-refractivity contribution is 7.07. The molecule has 0 N–H and O–H groups in total. The summed E-state index contributed by atoms with van der Waals surface area (Å²) >= 11 is 1.53. The molecule has 0 aliphatic rings. The van der Waals surface area contributed by atoms with Gasteiger partial charge in [0.05, 0.1) is 11.2 Å². The van der Waals surface area contributed by atoms with Crippen LogP contribution in [-0.2, 0) is 6.61 Å². The monoisotopic (exact) mass is 350 g/mol. The van der Waals surface area contributed by atoms with Crippen molar-refractivity contribution in [3.63, 3.8) is 0 Å². The molecule has 1 heterocycles. The van der Waals surface area contributed by atoms with Crippen LogP contribution in [0.4, 0.5) is 5.69 Å². The summed E-state index contributed by atoms with van der Waals surface area (Å²) in [5, 5.41) is 1.94. The Morgan fingerprint density at radius 1 is 1.20 bits per heavy atom. The molecule has 2 aromatic carbocycles. The lowest BCUT2D eigenvalue weighted by Crippen LogP contribution is -2.30. The van der Waals surface area contributed by atoms with Crippen molar-refractivity contribution in [2.75, 3.05) is 11.4 Å². The minimum absolute atomic E-state index is 0.0924. The minimum atomic E-state index is -0.0924. The maximum atomic E-state index is 12.9. The molecule has 1 amide bonds. The number of thiazole rings is 1. The molecule has 0 fully saturated rings. The third-order valence-electron chi connectivity index (χ3n) is 3.58. The summed E-state index contributed by atoms with van der Waals surface area (Å²) in [6.45, 7) is 4.58. The van der Waals surface area contributed by atoms with Crippen LogP contribution in [0, 0.1) is 0 Å². The normalized spacial score (nSPS) is 10.2. The Morgan fingerprint density at radius 3 is 2.76 bits per heavy atom. The van der Waals surface area contributed by atoms with Crippen molar-refractivity contribution < 1.29 is 9.53 Å². The highest BCUT2D eigenvalue weighted by Gasteiger charge is 2.17. The first-order chi connectivity index (χ1) is 12.3. The SMILES string of the molecule is C=CCN(C(=O)c1cccc(OCc2cscn2)c1)c1ccccc1. The van der Waals surface area contributed by atoms with Crippen molar-refractivity contribution in [2.24, 2.45) is 0 Å². The number of nitrogens with zero attached hydrogens (tertiary/aromatic N) is 2. The predicted molar refractivity (Wildman–Crippen MR) is 101 cm³/mol. The summed E-state index contributed by atoms with van der Waals surface area (Å²) in [4.78, 5) is 18.8. The molecule has 126 valence electrons. The van der Waals surface area contributed by atoms with Crippen molar-refractivity contribution in [3.8, 4) is 5.75 Å². The molecule has 0 radical (unpaired) electrons. The highest BCUT2D eigenvalue weighted by atomic mass is 32.1. The van der Waals surface area contributed by atoms with E-state index >= 15 is 0 Å². The number of carbonyl (C=O) groups excluding carboxylic acids is 1. The van der Waals surface area contributed by atoms with E-state index in [1.54, 1.807) is 28.6 Å². The summed E-state index contributed by atoms with van der Waals surface area (Å²) in [7, 11) is 0. The molecule has 0 saturated heterocycles. The average molecular weight is 350 g/mol. The van der Waals surface area contributed by atoms with E-state index in [-0.39, 0.29) is 5.91 Å². The minimum Gasteiger partial charge on any atom is -0.487 e. The van der Waals surface area contributed by atoms with Gasteiger partial charge < -0.3 is 9.64 Å². The second-order valence-corrected chi connectivity index (χ2v) is 6.05. The third-order valence-corrected chi connectivity index (χ3v) is 4.21. The Kier molecular flexibility index (Phi) is 5.59. The molecule has 0 aliphatic carbocycles. The molecule has 0 spiro atoms. The van der Waals surface area contributed by atoms with Crippen LogP contribution in [0.1, 0.15) is 16.1 Å². The Morgan fingerprint density at radius 2 is 2.04 bits per heavy atom. The first-order valence-electron chi connectivity index (χ1n) is 7.85. The maximum absolute atomic E-state index is 12.9. The van der Waals surface area contributed by atoms with E-state index < -0.39 is 0 Å². The van der Waals surface area contributed by atoms with E-state index in [0.29, 0.717) is 24.5 Å². The summed E-state index contributed by atoms with van der Waals surface area (Å²) in [5.41, 5.74) is 4.05. The molecular weight excluding hydrogens is 332 g/mol. The van der Waals surface area contributed by atoms with Crippen molar-refractivity contribution in [2.45, 2.75) is 6.61 Å². The van der Waals surface area contributed by atoms with E-state index in [1.165, 1.54) is 11.3 Å². The molecule has 3 aromatic rings. The van der Waals surface area contributed by atoms with Gasteiger partial charge in [-0.15, -0.1) is 17.9 Å². The zero-order valence-electron chi connectivity index (χ0n) is 13.7. The molecule has 5 heteroatoms. The van der Waals surface area contributed by atoms with Crippen LogP contribution in [0.3, 0.4) is 0 Å². The lowest BCUT2D eigenvalue weighted by atomic mass is 10.1. The van der Waals surface area contributed by atoms with E-state index in [0.717, 1.165) is 11.4 Å². The summed E-state index contributed by atoms with van der Waals surface area (Å²) in [5.74, 6) is 0.552. The summed E-state index contributed by atoms with van der Waals surface area (Å²) < 4.78 is 5.74. The molecule has 0 atom stereocenters. The quantitative estimate of drug-likeness (QED) is 0.587. The predicted octanol–water partition coefficient (Wildman–Crippen LogP) is 4.55. The zero-order chi connectivity index (χ0) is 17.5. The lowest BCUT2D eigenvalue weighted by Gasteiger charge is -2.21. The first-order valence-corrected chi connectivity index (χ1v) is 8.80. The average Bonchev–Trinajstić information content (AvgIpc) is 3.18. The van der Waals surface area contributed by atoms with Crippen LogP contribution in [0.15, 0.2) is 78.1 Å². The van der Waals surface area contributed by atoms with Crippen LogP contribution in [0.25, 0.3) is 0 Å². The topological polar surface area (TPSA) is 42.4 Å². The van der Waals surface area contributed by atoms with Gasteiger partial charge in [-0.3, -0.25) is 4.79 Å². The second kappa shape index (κ2) is 8.26. The van der Waals surface area contributed by atoms with Crippen molar-refractivity contribution >= 4 is 22.9 Å². The summed E-state index contributed by atoms with van der Waals surface area (Å²) in [6.07, 6.45) is 1.72. The second-order valence-electron chi connectivity index (χ2n) is 5.34. The number of benzene rings is 2. The van der Waals surface area contributed by atoms with Crippen LogP contribution in [-0.4, -0.2) is 17.4 Å². The van der Waals surface area contributed by atoms with E-state index in [2.05, 4.69) is 11.6 Å². The molecular formula is C20H18N2O2S. The third kappa shape index (κ3) is 4.33. The van der Waals surface area contributed by atoms with Gasteiger partial charge in [-0.2, -0.15) is 0 Å². The molecule has 3 rings (SSSR count). The Bertz CT molecular complexity index is 832. The van der Waals surface area contributed by atoms with E-state index in [4.69, 9.17) is 4.74 Å². The van der Waals surface area contributed by atoms with Crippen molar-refractivity contribution in [3.05, 3.63) is 89.4 Å². The molecule has 0 saturated carbocycles. The standard InChI is InChI=1S/C20H18N2O2S/c1-2-11-22(18-8-4-3-5-9-18)20(23)16-7-6-10-19(12-16)24-13-17-14-25-15-21-17/h2-10,12,14-15H,1,11,13H2. The fraction of sp³-hybridized carbons (Fsp3) is 0.100. The van der Waals surface area contributed by atoms with Gasteiger partial charge in [-0.1, -0.05) is 30.3 Å². The van der Waals surface area contributed by atoms with Gasteiger partial charge in [0.25, 0.3) is 5.91 Å². The molecule has 4 nitrogen and oxygen atoms in total. The number of aromatic nitrogens is 1. The summed E-state index contributed by atoms with van der Waals surface area (Å²) in [6, 6.07) is 16.8. The molecule has 1 aromatic heterocycles. The van der Waals surface area contributed by atoms with Crippen LogP contribution < -0.4 is 9.64 Å². The number of ether oxygens (including phenoxy) is 1. The maximum Gasteiger partial charge on any atom is 0.258 e.